The van der Waals surface area contributed by atoms with Gasteiger partial charge in [-0.3, -0.25) is 0 Å². The molecule has 0 fully saturated rings. The summed E-state index contributed by atoms with van der Waals surface area (Å²) in [5.74, 6) is -1.15. The number of esters is 2. The molecule has 0 N–H and O–H groups in total. The number of ether oxygens (including phenoxy) is 2. The number of carbonyl (C=O) groups is 2. The van der Waals surface area contributed by atoms with E-state index >= 15 is 0 Å². The molecule has 2 rings (SSSR count). The van der Waals surface area contributed by atoms with Crippen LogP contribution < -0.4 is 0 Å². The Morgan fingerprint density at radius 2 is 1.50 bits per heavy atom. The van der Waals surface area contributed by atoms with Crippen molar-refractivity contribution in [2.24, 2.45) is 0 Å². The van der Waals surface area contributed by atoms with Crippen LogP contribution in [0.3, 0.4) is 0 Å². The first kappa shape index (κ1) is 15.5. The van der Waals surface area contributed by atoms with Gasteiger partial charge in [0.05, 0.1) is 25.3 Å². The van der Waals surface area contributed by atoms with Gasteiger partial charge in [0, 0.05) is 0 Å². The molecule has 0 aliphatic rings. The lowest BCUT2D eigenvalue weighted by Crippen LogP contribution is -2.13. The fraction of sp³-hybridized carbons (Fsp3) is 0.111. The summed E-state index contributed by atoms with van der Waals surface area (Å²) in [4.78, 5) is 23.8. The Morgan fingerprint density at radius 1 is 0.818 bits per heavy atom. The number of hydrogen-bond donors (Lipinski definition) is 0. The Labute approximate surface area is 129 Å². The third-order valence-electron chi connectivity index (χ3n) is 3.15. The van der Waals surface area contributed by atoms with Crippen LogP contribution in [0.25, 0.3) is 12.2 Å². The van der Waals surface area contributed by atoms with E-state index in [2.05, 4.69) is 0 Å². The van der Waals surface area contributed by atoms with Gasteiger partial charge in [-0.2, -0.15) is 0 Å². The predicted molar refractivity (Wildman–Crippen MR) is 84.5 cm³/mol. The van der Waals surface area contributed by atoms with E-state index < -0.39 is 11.9 Å². The molecule has 0 heterocycles. The maximum Gasteiger partial charge on any atom is 0.339 e. The summed E-state index contributed by atoms with van der Waals surface area (Å²) in [6.45, 7) is 0. The minimum atomic E-state index is -0.575. The maximum absolute atomic E-state index is 12.0. The molecule has 0 saturated heterocycles. The van der Waals surface area contributed by atoms with Crippen LogP contribution in [0.4, 0.5) is 0 Å². The molecule has 22 heavy (non-hydrogen) atoms. The molecule has 0 spiro atoms. The van der Waals surface area contributed by atoms with Crippen LogP contribution in [-0.2, 0) is 9.47 Å². The molecule has 0 unspecified atom stereocenters. The van der Waals surface area contributed by atoms with Gasteiger partial charge >= 0.3 is 11.9 Å². The molecule has 0 aliphatic heterocycles. The second-order valence-corrected chi connectivity index (χ2v) is 4.50. The normalized spacial score (nSPS) is 10.5. The molecule has 0 aliphatic carbocycles. The van der Waals surface area contributed by atoms with Crippen molar-refractivity contribution in [1.29, 1.82) is 0 Å². The van der Waals surface area contributed by atoms with Crippen molar-refractivity contribution in [2.45, 2.75) is 0 Å². The van der Waals surface area contributed by atoms with Gasteiger partial charge in [0.15, 0.2) is 0 Å². The topological polar surface area (TPSA) is 52.6 Å². The number of benzene rings is 2. The number of rotatable bonds is 4. The fourth-order valence-electron chi connectivity index (χ4n) is 2.07. The summed E-state index contributed by atoms with van der Waals surface area (Å²) in [6.07, 6.45) is 3.64. The van der Waals surface area contributed by atoms with E-state index in [0.717, 1.165) is 5.56 Å². The molecule has 0 amide bonds. The predicted octanol–water partition coefficient (Wildman–Crippen LogP) is 3.43. The fourth-order valence-corrected chi connectivity index (χ4v) is 2.07. The third kappa shape index (κ3) is 3.41. The van der Waals surface area contributed by atoms with Gasteiger partial charge in [-0.1, -0.05) is 54.6 Å². The first-order valence-corrected chi connectivity index (χ1v) is 6.70. The molecule has 4 heteroatoms. The molecule has 0 radical (unpaired) electrons. The van der Waals surface area contributed by atoms with Crippen LogP contribution in [0.15, 0.2) is 48.5 Å². The van der Waals surface area contributed by atoms with E-state index in [1.54, 1.807) is 18.2 Å². The Hall–Kier alpha value is -2.88. The van der Waals surface area contributed by atoms with Crippen molar-refractivity contribution in [1.82, 2.24) is 0 Å². The maximum atomic E-state index is 12.0. The number of carbonyl (C=O) groups excluding carboxylic acids is 2. The van der Waals surface area contributed by atoms with Crippen LogP contribution >= 0.6 is 0 Å². The van der Waals surface area contributed by atoms with Crippen molar-refractivity contribution in [3.63, 3.8) is 0 Å². The van der Waals surface area contributed by atoms with E-state index in [4.69, 9.17) is 9.47 Å². The minimum Gasteiger partial charge on any atom is -0.465 e. The smallest absolute Gasteiger partial charge is 0.339 e. The zero-order valence-electron chi connectivity index (χ0n) is 12.4. The zero-order chi connectivity index (χ0) is 15.9. The molecule has 2 aromatic carbocycles. The van der Waals surface area contributed by atoms with Crippen molar-refractivity contribution >= 4 is 24.1 Å². The summed E-state index contributed by atoms with van der Waals surface area (Å²) in [7, 11) is 2.55. The second kappa shape index (κ2) is 7.22. The lowest BCUT2D eigenvalue weighted by molar-refractivity contribution is 0.0555. The van der Waals surface area contributed by atoms with E-state index in [0.29, 0.717) is 5.56 Å². The molecule has 0 atom stereocenters. The summed E-state index contributed by atoms with van der Waals surface area (Å²) < 4.78 is 9.50. The summed E-state index contributed by atoms with van der Waals surface area (Å²) in [6, 6.07) is 14.6. The zero-order valence-corrected chi connectivity index (χ0v) is 12.4. The molecule has 0 aromatic heterocycles. The van der Waals surface area contributed by atoms with Gasteiger partial charge < -0.3 is 9.47 Å². The first-order valence-electron chi connectivity index (χ1n) is 6.70. The van der Waals surface area contributed by atoms with Crippen LogP contribution in [0, 0.1) is 0 Å². The quantitative estimate of drug-likeness (QED) is 0.640. The van der Waals surface area contributed by atoms with Crippen LogP contribution in [0.1, 0.15) is 31.8 Å². The molecule has 4 nitrogen and oxygen atoms in total. The first-order chi connectivity index (χ1) is 10.7. The van der Waals surface area contributed by atoms with Crippen LogP contribution in [0.2, 0.25) is 0 Å². The number of methoxy groups -OCH3 is 2. The van der Waals surface area contributed by atoms with E-state index in [9.17, 15) is 9.59 Å². The van der Waals surface area contributed by atoms with Gasteiger partial charge in [0.2, 0.25) is 0 Å². The van der Waals surface area contributed by atoms with E-state index in [-0.39, 0.29) is 11.1 Å². The van der Waals surface area contributed by atoms with Gasteiger partial charge in [0.25, 0.3) is 0 Å². The van der Waals surface area contributed by atoms with Crippen molar-refractivity contribution in [3.8, 4) is 0 Å². The molecule has 0 saturated carbocycles. The molecule has 112 valence electrons. The van der Waals surface area contributed by atoms with Gasteiger partial charge in [-0.05, 0) is 17.2 Å². The standard InChI is InChI=1S/C18H16O4/c1-21-17(19)15-10-6-9-14(16(15)18(20)22-2)12-11-13-7-4-3-5-8-13/h3-12H,1-2H3. The molecular weight excluding hydrogens is 280 g/mol. The van der Waals surface area contributed by atoms with Gasteiger partial charge in [-0.15, -0.1) is 0 Å². The Balaban J connectivity index is 2.49. The average Bonchev–Trinajstić information content (AvgIpc) is 2.59. The van der Waals surface area contributed by atoms with Crippen LogP contribution in [0.5, 0.6) is 0 Å². The second-order valence-electron chi connectivity index (χ2n) is 4.50. The largest absolute Gasteiger partial charge is 0.465 e. The van der Waals surface area contributed by atoms with Crippen molar-refractivity contribution in [2.75, 3.05) is 14.2 Å². The van der Waals surface area contributed by atoms with Gasteiger partial charge in [0.1, 0.15) is 0 Å². The SMILES string of the molecule is COC(=O)c1cccc(C=Cc2ccccc2)c1C(=O)OC. The molecule has 0 bridgehead atoms. The summed E-state index contributed by atoms with van der Waals surface area (Å²) in [5.41, 5.74) is 1.97. The summed E-state index contributed by atoms with van der Waals surface area (Å²) >= 11 is 0. The highest BCUT2D eigenvalue weighted by molar-refractivity contribution is 6.06. The molecule has 2 aromatic rings. The monoisotopic (exact) mass is 296 g/mol. The Bertz CT molecular complexity index is 702. The highest BCUT2D eigenvalue weighted by Gasteiger charge is 2.20. The summed E-state index contributed by atoms with van der Waals surface area (Å²) in [5, 5.41) is 0. The van der Waals surface area contributed by atoms with Crippen LogP contribution in [-0.4, -0.2) is 26.2 Å². The minimum absolute atomic E-state index is 0.185. The highest BCUT2D eigenvalue weighted by Crippen LogP contribution is 2.20. The van der Waals surface area contributed by atoms with Crippen molar-refractivity contribution < 1.29 is 19.1 Å². The number of hydrogen-bond acceptors (Lipinski definition) is 4. The Kier molecular flexibility index (Phi) is 5.09. The lowest BCUT2D eigenvalue weighted by Gasteiger charge is -2.09. The van der Waals surface area contributed by atoms with E-state index in [1.165, 1.54) is 20.3 Å². The van der Waals surface area contributed by atoms with Gasteiger partial charge in [-0.25, -0.2) is 9.59 Å². The Morgan fingerprint density at radius 3 is 2.14 bits per heavy atom. The van der Waals surface area contributed by atoms with Crippen molar-refractivity contribution in [3.05, 3.63) is 70.8 Å². The average molecular weight is 296 g/mol. The highest BCUT2D eigenvalue weighted by atomic mass is 16.5. The van der Waals surface area contributed by atoms with E-state index in [1.807, 2.05) is 36.4 Å². The third-order valence-corrected chi connectivity index (χ3v) is 3.15. The molecular formula is C18H16O4. The lowest BCUT2D eigenvalue weighted by atomic mass is 10.00.